The van der Waals surface area contributed by atoms with Gasteiger partial charge in [0.1, 0.15) is 5.82 Å². The van der Waals surface area contributed by atoms with Gasteiger partial charge in [-0.15, -0.1) is 0 Å². The normalized spacial score (nSPS) is 20.7. The van der Waals surface area contributed by atoms with Crippen molar-refractivity contribution in [2.24, 2.45) is 5.92 Å². The maximum Gasteiger partial charge on any atom is 0.254 e. The fourth-order valence-corrected chi connectivity index (χ4v) is 5.42. The molecule has 2 aliphatic heterocycles. The molecule has 8 nitrogen and oxygen atoms in total. The number of nitrogens with one attached hydrogen (secondary N) is 1. The first kappa shape index (κ1) is 22.0. The molecule has 2 aliphatic rings. The molecule has 1 fully saturated rings. The van der Waals surface area contributed by atoms with Crippen LogP contribution in [0.5, 0.6) is 0 Å². The zero-order valence-electron chi connectivity index (χ0n) is 17.6. The molecule has 1 saturated heterocycles. The molecule has 0 bridgehead atoms. The van der Waals surface area contributed by atoms with E-state index >= 15 is 0 Å². The lowest BCUT2D eigenvalue weighted by atomic mass is 9.95. The Morgan fingerprint density at radius 1 is 1.21 bits per heavy atom. The number of hydrogen-bond donors (Lipinski definition) is 1. The molecular weight excluding hydrogens is 392 g/mol. The van der Waals surface area contributed by atoms with E-state index in [0.29, 0.717) is 36.6 Å². The van der Waals surface area contributed by atoms with Gasteiger partial charge in [-0.3, -0.25) is 9.59 Å². The first-order chi connectivity index (χ1) is 13.8. The number of nitrogens with zero attached hydrogens (tertiary/aromatic N) is 3. The summed E-state index contributed by atoms with van der Waals surface area (Å²) in [6.07, 6.45) is 4.60. The van der Waals surface area contributed by atoms with E-state index in [1.807, 2.05) is 18.7 Å². The molecule has 3 rings (SSSR count). The topological polar surface area (TPSA) is 103 Å². The average molecular weight is 425 g/mol. The number of amides is 1. The van der Waals surface area contributed by atoms with Gasteiger partial charge in [-0.2, -0.15) is 4.31 Å². The number of likely N-dealkylation sites (tertiary alicyclic amines) is 1. The summed E-state index contributed by atoms with van der Waals surface area (Å²) in [5.41, 5.74) is 0.872. The second-order valence-electron chi connectivity index (χ2n) is 7.92. The largest absolute Gasteiger partial charge is 0.332 e. The zero-order valence-corrected chi connectivity index (χ0v) is 18.4. The molecule has 1 aromatic heterocycles. The molecule has 1 amide bonds. The molecule has 1 aromatic rings. The van der Waals surface area contributed by atoms with E-state index in [1.54, 1.807) is 6.92 Å². The number of sulfonamides is 1. The molecule has 29 heavy (non-hydrogen) atoms. The van der Waals surface area contributed by atoms with Gasteiger partial charge in [0.2, 0.25) is 15.9 Å². The van der Waals surface area contributed by atoms with Crippen molar-refractivity contribution in [2.75, 3.05) is 18.8 Å². The van der Waals surface area contributed by atoms with Crippen molar-refractivity contribution in [3.63, 3.8) is 0 Å². The Morgan fingerprint density at radius 2 is 1.93 bits per heavy atom. The summed E-state index contributed by atoms with van der Waals surface area (Å²) in [6.45, 7) is 6.74. The standard InChI is InChI=1S/C20H32N4O4S/c1-4-14(5-2)20(26)24-11-8-7-9-17(24)18-21-16-13-23(29(27,28)6-3)12-10-15(16)19(25)22-18/h14,17H,4-13H2,1-3H3,(H,21,22,25)/t17-/m0/s1. The second-order valence-corrected chi connectivity index (χ2v) is 10.2. The van der Waals surface area contributed by atoms with Crippen LogP contribution in [0.15, 0.2) is 4.79 Å². The monoisotopic (exact) mass is 424 g/mol. The summed E-state index contributed by atoms with van der Waals surface area (Å²) >= 11 is 0. The Labute approximate surface area is 172 Å². The molecule has 3 heterocycles. The lowest BCUT2D eigenvalue weighted by Crippen LogP contribution is -2.44. The first-order valence-electron chi connectivity index (χ1n) is 10.7. The van der Waals surface area contributed by atoms with Gasteiger partial charge in [-0.05, 0) is 45.4 Å². The molecule has 0 saturated carbocycles. The van der Waals surface area contributed by atoms with Crippen molar-refractivity contribution in [3.8, 4) is 0 Å². The molecule has 0 aromatic carbocycles. The lowest BCUT2D eigenvalue weighted by Gasteiger charge is -2.37. The fourth-order valence-electron chi connectivity index (χ4n) is 4.36. The van der Waals surface area contributed by atoms with E-state index < -0.39 is 10.0 Å². The van der Waals surface area contributed by atoms with Crippen molar-refractivity contribution >= 4 is 15.9 Å². The highest BCUT2D eigenvalue weighted by Crippen LogP contribution is 2.31. The van der Waals surface area contributed by atoms with Crippen molar-refractivity contribution < 1.29 is 13.2 Å². The van der Waals surface area contributed by atoms with Crippen LogP contribution < -0.4 is 5.56 Å². The fraction of sp³-hybridized carbons (Fsp3) is 0.750. The number of rotatable bonds is 6. The summed E-state index contributed by atoms with van der Waals surface area (Å²) in [5.74, 6) is 0.613. The third-order valence-corrected chi connectivity index (χ3v) is 8.08. The van der Waals surface area contributed by atoms with E-state index in [0.717, 1.165) is 32.1 Å². The molecule has 0 unspecified atom stereocenters. The van der Waals surface area contributed by atoms with Crippen LogP contribution >= 0.6 is 0 Å². The minimum absolute atomic E-state index is 0.0230. The summed E-state index contributed by atoms with van der Waals surface area (Å²) in [4.78, 5) is 35.2. The highest BCUT2D eigenvalue weighted by molar-refractivity contribution is 7.89. The average Bonchev–Trinajstić information content (AvgIpc) is 2.74. The zero-order chi connectivity index (χ0) is 21.2. The van der Waals surface area contributed by atoms with E-state index in [4.69, 9.17) is 0 Å². The quantitative estimate of drug-likeness (QED) is 0.752. The molecule has 0 spiro atoms. The van der Waals surface area contributed by atoms with Gasteiger partial charge in [0.25, 0.3) is 5.56 Å². The van der Waals surface area contributed by atoms with Gasteiger partial charge < -0.3 is 9.88 Å². The van der Waals surface area contributed by atoms with Crippen LogP contribution in [0, 0.1) is 5.92 Å². The van der Waals surface area contributed by atoms with Crippen LogP contribution in [-0.2, 0) is 27.8 Å². The molecule has 1 N–H and O–H groups in total. The number of aromatic amines is 1. The van der Waals surface area contributed by atoms with Gasteiger partial charge in [0.05, 0.1) is 24.0 Å². The Kier molecular flexibility index (Phi) is 6.78. The Morgan fingerprint density at radius 3 is 2.59 bits per heavy atom. The van der Waals surface area contributed by atoms with Crippen molar-refractivity contribution in [2.45, 2.75) is 71.9 Å². The summed E-state index contributed by atoms with van der Waals surface area (Å²) in [6, 6.07) is -0.256. The minimum Gasteiger partial charge on any atom is -0.332 e. The third kappa shape index (κ3) is 4.40. The smallest absolute Gasteiger partial charge is 0.254 e. The number of H-pyrrole nitrogens is 1. The van der Waals surface area contributed by atoms with Crippen LogP contribution in [0.3, 0.4) is 0 Å². The van der Waals surface area contributed by atoms with Crippen LogP contribution in [0.4, 0.5) is 0 Å². The van der Waals surface area contributed by atoms with Crippen LogP contribution in [-0.4, -0.2) is 52.3 Å². The van der Waals surface area contributed by atoms with Gasteiger partial charge in [0.15, 0.2) is 0 Å². The number of aromatic nitrogens is 2. The lowest BCUT2D eigenvalue weighted by molar-refractivity contribution is -0.140. The highest BCUT2D eigenvalue weighted by atomic mass is 32.2. The molecule has 1 atom stereocenters. The van der Waals surface area contributed by atoms with Gasteiger partial charge >= 0.3 is 0 Å². The maximum atomic E-state index is 13.1. The second kappa shape index (κ2) is 8.95. The van der Waals surface area contributed by atoms with Gasteiger partial charge in [-0.1, -0.05) is 13.8 Å². The van der Waals surface area contributed by atoms with E-state index in [9.17, 15) is 18.0 Å². The number of fused-ring (bicyclic) bond motifs is 1. The van der Waals surface area contributed by atoms with E-state index in [-0.39, 0.29) is 35.7 Å². The Balaban J connectivity index is 1.94. The van der Waals surface area contributed by atoms with E-state index in [1.165, 1.54) is 4.31 Å². The molecule has 0 aliphatic carbocycles. The van der Waals surface area contributed by atoms with Crippen LogP contribution in [0.1, 0.15) is 76.0 Å². The molecule has 9 heteroatoms. The van der Waals surface area contributed by atoms with Crippen molar-refractivity contribution in [1.29, 1.82) is 0 Å². The number of hydrogen-bond acceptors (Lipinski definition) is 5. The third-order valence-electron chi connectivity index (χ3n) is 6.25. The SMILES string of the molecule is CCC(CC)C(=O)N1CCCC[C@H]1c1nc2c(c(=O)[nH]1)CCN(S(=O)(=O)CC)C2. The summed E-state index contributed by atoms with van der Waals surface area (Å²) in [7, 11) is -3.34. The van der Waals surface area contributed by atoms with E-state index in [2.05, 4.69) is 9.97 Å². The number of piperidine rings is 1. The number of carbonyl (C=O) groups is 1. The van der Waals surface area contributed by atoms with Gasteiger partial charge in [0, 0.05) is 24.6 Å². The minimum atomic E-state index is -3.34. The van der Waals surface area contributed by atoms with Gasteiger partial charge in [-0.25, -0.2) is 13.4 Å². The summed E-state index contributed by atoms with van der Waals surface area (Å²) < 4.78 is 26.0. The Hall–Kier alpha value is -1.74. The predicted molar refractivity (Wildman–Crippen MR) is 111 cm³/mol. The first-order valence-corrected chi connectivity index (χ1v) is 12.3. The number of carbonyl (C=O) groups excluding carboxylic acids is 1. The van der Waals surface area contributed by atoms with Crippen LogP contribution in [0.25, 0.3) is 0 Å². The molecule has 0 radical (unpaired) electrons. The molecular formula is C20H32N4O4S. The highest BCUT2D eigenvalue weighted by Gasteiger charge is 2.34. The van der Waals surface area contributed by atoms with Crippen molar-refractivity contribution in [1.82, 2.24) is 19.2 Å². The van der Waals surface area contributed by atoms with Crippen molar-refractivity contribution in [3.05, 3.63) is 27.4 Å². The Bertz CT molecular complexity index is 908. The molecule has 162 valence electrons. The predicted octanol–water partition coefficient (Wildman–Crippen LogP) is 1.97. The maximum absolute atomic E-state index is 13.1. The van der Waals surface area contributed by atoms with Crippen LogP contribution in [0.2, 0.25) is 0 Å². The summed E-state index contributed by atoms with van der Waals surface area (Å²) in [5, 5.41) is 0.